The average molecular weight is 405 g/mol. The third kappa shape index (κ3) is 4.66. The standard InChI is InChI=1S/C24H21ClN2O2/c25-20-9-6-17(7-10-20)14-23(28)26-21-11-12-22-19(15-21)8-13-24(29)27(22)16-18-4-2-1-3-5-18/h1-7,9-12,15H,8,13-14,16H2,(H,26,28). The summed E-state index contributed by atoms with van der Waals surface area (Å²) in [7, 11) is 0. The summed E-state index contributed by atoms with van der Waals surface area (Å²) < 4.78 is 0. The van der Waals surface area contributed by atoms with Crippen molar-refractivity contribution < 1.29 is 9.59 Å². The van der Waals surface area contributed by atoms with Gasteiger partial charge in [-0.1, -0.05) is 54.1 Å². The van der Waals surface area contributed by atoms with Crippen molar-refractivity contribution in [3.8, 4) is 0 Å². The van der Waals surface area contributed by atoms with Gasteiger partial charge in [-0.2, -0.15) is 0 Å². The van der Waals surface area contributed by atoms with E-state index in [-0.39, 0.29) is 18.2 Å². The van der Waals surface area contributed by atoms with Crippen molar-refractivity contribution in [3.05, 3.63) is 94.5 Å². The van der Waals surface area contributed by atoms with Gasteiger partial charge in [0.1, 0.15) is 0 Å². The van der Waals surface area contributed by atoms with Crippen LogP contribution in [0.25, 0.3) is 0 Å². The zero-order chi connectivity index (χ0) is 20.2. The molecule has 0 aliphatic carbocycles. The van der Waals surface area contributed by atoms with Crippen molar-refractivity contribution in [1.82, 2.24) is 0 Å². The SMILES string of the molecule is O=C(Cc1ccc(Cl)cc1)Nc1ccc2c(c1)CCC(=O)N2Cc1ccccc1. The quantitative estimate of drug-likeness (QED) is 0.650. The molecule has 1 aliphatic rings. The average Bonchev–Trinajstić information content (AvgIpc) is 2.72. The summed E-state index contributed by atoms with van der Waals surface area (Å²) in [5, 5.41) is 3.61. The van der Waals surface area contributed by atoms with Gasteiger partial charge >= 0.3 is 0 Å². The Bertz CT molecular complexity index is 1030. The minimum absolute atomic E-state index is 0.0831. The van der Waals surface area contributed by atoms with E-state index in [1.54, 1.807) is 12.1 Å². The lowest BCUT2D eigenvalue weighted by molar-refractivity contribution is -0.119. The third-order valence-electron chi connectivity index (χ3n) is 5.02. The van der Waals surface area contributed by atoms with Crippen LogP contribution in [0.4, 0.5) is 11.4 Å². The van der Waals surface area contributed by atoms with Crippen LogP contribution in [-0.4, -0.2) is 11.8 Å². The number of carbonyl (C=O) groups excluding carboxylic acids is 2. The fourth-order valence-corrected chi connectivity index (χ4v) is 3.70. The Morgan fingerprint density at radius 3 is 2.45 bits per heavy atom. The van der Waals surface area contributed by atoms with Crippen LogP contribution in [-0.2, 0) is 29.0 Å². The van der Waals surface area contributed by atoms with E-state index in [2.05, 4.69) is 5.32 Å². The lowest BCUT2D eigenvalue weighted by Gasteiger charge is -2.30. The van der Waals surface area contributed by atoms with Crippen LogP contribution in [0, 0.1) is 0 Å². The van der Waals surface area contributed by atoms with Gasteiger partial charge in [0, 0.05) is 22.8 Å². The first-order valence-corrected chi connectivity index (χ1v) is 9.98. The van der Waals surface area contributed by atoms with E-state index < -0.39 is 0 Å². The van der Waals surface area contributed by atoms with Crippen LogP contribution >= 0.6 is 11.6 Å². The van der Waals surface area contributed by atoms with Gasteiger partial charge in [0.05, 0.1) is 13.0 Å². The van der Waals surface area contributed by atoms with Gasteiger partial charge in [0.25, 0.3) is 0 Å². The number of carbonyl (C=O) groups is 2. The van der Waals surface area contributed by atoms with Crippen molar-refractivity contribution >= 4 is 34.8 Å². The van der Waals surface area contributed by atoms with Crippen LogP contribution in [0.15, 0.2) is 72.8 Å². The molecule has 5 heteroatoms. The summed E-state index contributed by atoms with van der Waals surface area (Å²) >= 11 is 5.89. The molecule has 1 heterocycles. The molecule has 0 saturated heterocycles. The molecule has 3 aromatic carbocycles. The third-order valence-corrected chi connectivity index (χ3v) is 5.28. The molecule has 0 spiro atoms. The fourth-order valence-electron chi connectivity index (χ4n) is 3.57. The number of benzene rings is 3. The van der Waals surface area contributed by atoms with Gasteiger partial charge in [-0.05, 0) is 53.4 Å². The summed E-state index contributed by atoms with van der Waals surface area (Å²) in [5.41, 5.74) is 4.74. The second kappa shape index (κ2) is 8.50. The van der Waals surface area contributed by atoms with Crippen LogP contribution in [0.1, 0.15) is 23.1 Å². The molecule has 4 nitrogen and oxygen atoms in total. The predicted octanol–water partition coefficient (Wildman–Crippen LogP) is 5.00. The number of hydrogen-bond acceptors (Lipinski definition) is 2. The van der Waals surface area contributed by atoms with Gasteiger partial charge in [-0.25, -0.2) is 0 Å². The van der Waals surface area contributed by atoms with E-state index in [9.17, 15) is 9.59 Å². The minimum atomic E-state index is -0.0831. The molecule has 0 bridgehead atoms. The van der Waals surface area contributed by atoms with E-state index >= 15 is 0 Å². The number of nitrogens with zero attached hydrogens (tertiary/aromatic N) is 1. The van der Waals surface area contributed by atoms with Gasteiger partial charge in [0.15, 0.2) is 0 Å². The Balaban J connectivity index is 1.48. The highest BCUT2D eigenvalue weighted by Gasteiger charge is 2.24. The molecule has 4 rings (SSSR count). The molecule has 146 valence electrons. The minimum Gasteiger partial charge on any atom is -0.326 e. The van der Waals surface area contributed by atoms with Gasteiger partial charge in [0.2, 0.25) is 11.8 Å². The van der Waals surface area contributed by atoms with Crippen LogP contribution in [0.3, 0.4) is 0 Å². The number of halogens is 1. The maximum absolute atomic E-state index is 12.5. The highest BCUT2D eigenvalue weighted by molar-refractivity contribution is 6.30. The Labute approximate surface area is 175 Å². The Morgan fingerprint density at radius 2 is 1.69 bits per heavy atom. The van der Waals surface area contributed by atoms with Crippen molar-refractivity contribution in [3.63, 3.8) is 0 Å². The Kier molecular flexibility index (Phi) is 5.63. The van der Waals surface area contributed by atoms with E-state index in [1.807, 2.05) is 65.6 Å². The molecule has 0 atom stereocenters. The normalized spacial score (nSPS) is 13.1. The van der Waals surface area contributed by atoms with Gasteiger partial charge < -0.3 is 10.2 Å². The second-order valence-corrected chi connectivity index (χ2v) is 7.60. The molecule has 2 amide bonds. The van der Waals surface area contributed by atoms with E-state index in [0.717, 1.165) is 28.1 Å². The summed E-state index contributed by atoms with van der Waals surface area (Å²) in [6, 6.07) is 23.0. The number of nitrogens with one attached hydrogen (secondary N) is 1. The number of anilines is 2. The maximum atomic E-state index is 12.5. The molecule has 1 N–H and O–H groups in total. The maximum Gasteiger partial charge on any atom is 0.228 e. The van der Waals surface area contributed by atoms with Crippen molar-refractivity contribution in [2.45, 2.75) is 25.8 Å². The number of fused-ring (bicyclic) bond motifs is 1. The van der Waals surface area contributed by atoms with Crippen LogP contribution in [0.2, 0.25) is 5.02 Å². The lowest BCUT2D eigenvalue weighted by Crippen LogP contribution is -2.34. The summed E-state index contributed by atoms with van der Waals surface area (Å²) in [4.78, 5) is 26.7. The molecule has 1 aliphatic heterocycles. The van der Waals surface area contributed by atoms with Gasteiger partial charge in [-0.3, -0.25) is 9.59 Å². The Morgan fingerprint density at radius 1 is 0.931 bits per heavy atom. The zero-order valence-electron chi connectivity index (χ0n) is 15.9. The monoisotopic (exact) mass is 404 g/mol. The smallest absolute Gasteiger partial charge is 0.228 e. The second-order valence-electron chi connectivity index (χ2n) is 7.16. The van der Waals surface area contributed by atoms with E-state index in [1.165, 1.54) is 0 Å². The topological polar surface area (TPSA) is 49.4 Å². The van der Waals surface area contributed by atoms with Crippen LogP contribution < -0.4 is 10.2 Å². The lowest BCUT2D eigenvalue weighted by atomic mass is 9.99. The molecular weight excluding hydrogens is 384 g/mol. The van der Waals surface area contributed by atoms with Gasteiger partial charge in [-0.15, -0.1) is 0 Å². The molecule has 0 fully saturated rings. The first-order chi connectivity index (χ1) is 14.1. The molecule has 29 heavy (non-hydrogen) atoms. The predicted molar refractivity (Wildman–Crippen MR) is 116 cm³/mol. The first kappa shape index (κ1) is 19.2. The van der Waals surface area contributed by atoms with Crippen molar-refractivity contribution in [1.29, 1.82) is 0 Å². The zero-order valence-corrected chi connectivity index (χ0v) is 16.7. The van der Waals surface area contributed by atoms with E-state index in [4.69, 9.17) is 11.6 Å². The molecule has 0 saturated carbocycles. The molecular formula is C24H21ClN2O2. The first-order valence-electron chi connectivity index (χ1n) is 9.60. The number of aryl methyl sites for hydroxylation is 1. The summed E-state index contributed by atoms with van der Waals surface area (Å²) in [6.07, 6.45) is 1.44. The van der Waals surface area contributed by atoms with Crippen molar-refractivity contribution in [2.24, 2.45) is 0 Å². The fraction of sp³-hybridized carbons (Fsp3) is 0.167. The summed E-state index contributed by atoms with van der Waals surface area (Å²) in [5.74, 6) is 0.0428. The number of amides is 2. The molecule has 0 unspecified atom stereocenters. The molecule has 3 aromatic rings. The highest BCUT2D eigenvalue weighted by Crippen LogP contribution is 2.31. The van der Waals surface area contributed by atoms with E-state index in [0.29, 0.717) is 24.4 Å². The molecule has 0 radical (unpaired) electrons. The Hall–Kier alpha value is -3.11. The highest BCUT2D eigenvalue weighted by atomic mass is 35.5. The summed E-state index contributed by atoms with van der Waals surface area (Å²) in [6.45, 7) is 0.551. The molecule has 0 aromatic heterocycles. The number of rotatable bonds is 5. The number of hydrogen-bond donors (Lipinski definition) is 1. The largest absolute Gasteiger partial charge is 0.326 e. The van der Waals surface area contributed by atoms with Crippen molar-refractivity contribution in [2.75, 3.05) is 10.2 Å². The van der Waals surface area contributed by atoms with Crippen LogP contribution in [0.5, 0.6) is 0 Å².